The van der Waals surface area contributed by atoms with Gasteiger partial charge in [0.1, 0.15) is 49.3 Å². The molecule has 12 nitrogen and oxygen atoms in total. The van der Waals surface area contributed by atoms with E-state index in [0.717, 1.165) is 41.4 Å². The third kappa shape index (κ3) is 13.7. The van der Waals surface area contributed by atoms with Gasteiger partial charge in [-0.3, -0.25) is 0 Å². The zero-order chi connectivity index (χ0) is 38.0. The van der Waals surface area contributed by atoms with E-state index >= 15 is 0 Å². The predicted molar refractivity (Wildman–Crippen MR) is 206 cm³/mol. The van der Waals surface area contributed by atoms with Crippen molar-refractivity contribution in [2.75, 3.05) is 72.6 Å². The monoisotopic (exact) mass is 765 g/mol. The lowest BCUT2D eigenvalue weighted by Gasteiger charge is -2.28. The molecule has 0 spiro atoms. The molecule has 2 saturated heterocycles. The number of ether oxygens (including phenoxy) is 7. The largest absolute Gasteiger partial charge is 0.500 e. The lowest BCUT2D eigenvalue weighted by atomic mass is 9.85. The van der Waals surface area contributed by atoms with Gasteiger partial charge in [-0.2, -0.15) is 0 Å². The third-order valence-corrected chi connectivity index (χ3v) is 11.7. The number of alkyl carbamates (subject to hydrolysis) is 1. The summed E-state index contributed by atoms with van der Waals surface area (Å²) in [6.45, 7) is 14.5. The van der Waals surface area contributed by atoms with Crippen LogP contribution in [0.5, 0.6) is 17.2 Å². The van der Waals surface area contributed by atoms with Gasteiger partial charge in [0.05, 0.1) is 26.4 Å². The van der Waals surface area contributed by atoms with Crippen molar-refractivity contribution in [3.63, 3.8) is 0 Å². The fraction of sp³-hybridized carbons (Fsp3) is 0.488. The fourth-order valence-electron chi connectivity index (χ4n) is 5.83. The van der Waals surface area contributed by atoms with Crippen LogP contribution in [0.2, 0.25) is 6.04 Å². The number of benzene rings is 3. The molecule has 294 valence electrons. The Kier molecular flexibility index (Phi) is 16.6. The number of amides is 1. The smallest absolute Gasteiger partial charge is 0.491 e. The van der Waals surface area contributed by atoms with E-state index in [9.17, 15) is 4.79 Å². The number of hydrogen-bond donors (Lipinski definition) is 1. The molecule has 13 heteroatoms. The molecule has 2 aliphatic rings. The summed E-state index contributed by atoms with van der Waals surface area (Å²) < 4.78 is 57.5. The first kappa shape index (κ1) is 41.2. The van der Waals surface area contributed by atoms with E-state index in [2.05, 4.69) is 48.3 Å². The zero-order valence-electron chi connectivity index (χ0n) is 31.7. The van der Waals surface area contributed by atoms with Crippen molar-refractivity contribution in [2.45, 2.75) is 57.5 Å². The highest BCUT2D eigenvalue weighted by Gasteiger charge is 2.39. The highest BCUT2D eigenvalue weighted by atomic mass is 28.4. The first-order valence-corrected chi connectivity index (χ1v) is 20.8. The Labute approximate surface area is 320 Å². The second-order valence-electron chi connectivity index (χ2n) is 12.8. The van der Waals surface area contributed by atoms with Crippen LogP contribution >= 0.6 is 0 Å². The van der Waals surface area contributed by atoms with Gasteiger partial charge in [-0.25, -0.2) is 4.79 Å². The Balaban J connectivity index is 1.19. The normalized spacial score (nSPS) is 17.2. The third-order valence-electron chi connectivity index (χ3n) is 8.59. The first-order chi connectivity index (χ1) is 26.4. The fourth-order valence-corrected chi connectivity index (χ4v) is 8.44. The highest BCUT2D eigenvalue weighted by molar-refractivity contribution is 6.60. The molecule has 3 aromatic rings. The molecule has 3 unspecified atom stereocenters. The number of hydrogen-bond acceptors (Lipinski definition) is 11. The topological polar surface area (TPSA) is 128 Å². The summed E-state index contributed by atoms with van der Waals surface area (Å²) in [5, 5.41) is 2.82. The van der Waals surface area contributed by atoms with E-state index in [-0.39, 0.29) is 31.3 Å². The summed E-state index contributed by atoms with van der Waals surface area (Å²) in [5.74, 6) is 2.19. The van der Waals surface area contributed by atoms with E-state index in [1.807, 2.05) is 57.2 Å². The zero-order valence-corrected chi connectivity index (χ0v) is 32.7. The molecule has 2 aliphatic heterocycles. The maximum atomic E-state index is 12.8. The molecule has 3 aromatic carbocycles. The summed E-state index contributed by atoms with van der Waals surface area (Å²) in [7, 11) is -2.80. The second kappa shape index (κ2) is 21.8. The van der Waals surface area contributed by atoms with Crippen molar-refractivity contribution in [3.8, 4) is 17.2 Å². The molecule has 2 fully saturated rings. The Hall–Kier alpha value is -3.95. The van der Waals surface area contributed by atoms with Crippen LogP contribution in [0.4, 0.5) is 4.79 Å². The second-order valence-corrected chi connectivity index (χ2v) is 15.6. The van der Waals surface area contributed by atoms with Gasteiger partial charge in [-0.05, 0) is 80.3 Å². The van der Waals surface area contributed by atoms with Gasteiger partial charge in [0.25, 0.3) is 0 Å². The van der Waals surface area contributed by atoms with Crippen molar-refractivity contribution in [1.29, 1.82) is 0 Å². The Bertz CT molecular complexity index is 1460. The minimum Gasteiger partial charge on any atom is -0.491 e. The molecule has 2 heterocycles. The van der Waals surface area contributed by atoms with Crippen LogP contribution in [0.15, 0.2) is 85.5 Å². The Morgan fingerprint density at radius 2 is 1.22 bits per heavy atom. The van der Waals surface area contributed by atoms with Gasteiger partial charge in [0, 0.05) is 38.3 Å². The lowest BCUT2D eigenvalue weighted by Crippen LogP contribution is -2.46. The molecular formula is C41H55NO11Si. The summed E-state index contributed by atoms with van der Waals surface area (Å²) in [5.41, 5.74) is 3.30. The van der Waals surface area contributed by atoms with Crippen LogP contribution in [0.1, 0.15) is 49.8 Å². The van der Waals surface area contributed by atoms with Crippen molar-refractivity contribution < 1.29 is 51.2 Å². The summed E-state index contributed by atoms with van der Waals surface area (Å²) in [6.07, 6.45) is 1.43. The van der Waals surface area contributed by atoms with Crippen LogP contribution in [-0.4, -0.2) is 106 Å². The van der Waals surface area contributed by atoms with Crippen LogP contribution in [0.25, 0.3) is 0 Å². The van der Waals surface area contributed by atoms with E-state index in [0.29, 0.717) is 64.4 Å². The molecular weight excluding hydrogens is 711 g/mol. The number of rotatable bonds is 27. The molecule has 0 saturated carbocycles. The maximum absolute atomic E-state index is 12.8. The quantitative estimate of drug-likeness (QED) is 0.0299. The minimum atomic E-state index is -2.80. The number of carbonyl (C=O) groups excluding carboxylic acids is 1. The SMILES string of the molecule is C=CCOCC(COc1ccc(C(c2ccc(OCC3CO3)cc2)c2ccc(OCC3CO3)cc2)cc1)OC(=O)NCCC[Si](OCC)(OCC)OCC. The Morgan fingerprint density at radius 1 is 0.759 bits per heavy atom. The van der Waals surface area contributed by atoms with Gasteiger partial charge in [-0.1, -0.05) is 42.5 Å². The highest BCUT2D eigenvalue weighted by Crippen LogP contribution is 2.35. The van der Waals surface area contributed by atoms with Crippen molar-refractivity contribution >= 4 is 14.9 Å². The van der Waals surface area contributed by atoms with Gasteiger partial charge in [0.2, 0.25) is 0 Å². The molecule has 3 atom stereocenters. The van der Waals surface area contributed by atoms with E-state index in [1.54, 1.807) is 6.08 Å². The first-order valence-electron chi connectivity index (χ1n) is 18.9. The average molecular weight is 766 g/mol. The van der Waals surface area contributed by atoms with Crippen molar-refractivity contribution in [2.24, 2.45) is 0 Å². The summed E-state index contributed by atoms with van der Waals surface area (Å²) >= 11 is 0. The van der Waals surface area contributed by atoms with E-state index < -0.39 is 21.0 Å². The van der Waals surface area contributed by atoms with Gasteiger partial charge in [-0.15, -0.1) is 6.58 Å². The molecule has 0 bridgehead atoms. The summed E-state index contributed by atoms with van der Waals surface area (Å²) in [4.78, 5) is 12.8. The van der Waals surface area contributed by atoms with E-state index in [1.165, 1.54) is 0 Å². The van der Waals surface area contributed by atoms with Crippen molar-refractivity contribution in [3.05, 3.63) is 102 Å². The Morgan fingerprint density at radius 3 is 1.65 bits per heavy atom. The average Bonchev–Trinajstić information content (AvgIpc) is 4.13. The van der Waals surface area contributed by atoms with Gasteiger partial charge < -0.3 is 51.8 Å². The number of nitrogens with one attached hydrogen (secondary N) is 1. The maximum Gasteiger partial charge on any atom is 0.500 e. The lowest BCUT2D eigenvalue weighted by molar-refractivity contribution is 0.00542. The molecule has 1 amide bonds. The van der Waals surface area contributed by atoms with Gasteiger partial charge >= 0.3 is 14.9 Å². The van der Waals surface area contributed by atoms with Crippen LogP contribution in [0, 0.1) is 0 Å². The van der Waals surface area contributed by atoms with Crippen molar-refractivity contribution in [1.82, 2.24) is 5.32 Å². The predicted octanol–water partition coefficient (Wildman–Crippen LogP) is 6.54. The van der Waals surface area contributed by atoms with Crippen LogP contribution in [-0.2, 0) is 32.2 Å². The van der Waals surface area contributed by atoms with Gasteiger partial charge in [0.15, 0.2) is 6.10 Å². The molecule has 0 aliphatic carbocycles. The minimum absolute atomic E-state index is 0.0591. The summed E-state index contributed by atoms with van der Waals surface area (Å²) in [6, 6.07) is 24.9. The van der Waals surface area contributed by atoms with Crippen LogP contribution in [0.3, 0.4) is 0 Å². The van der Waals surface area contributed by atoms with Crippen LogP contribution < -0.4 is 19.5 Å². The molecule has 1 N–H and O–H groups in total. The molecule has 54 heavy (non-hydrogen) atoms. The molecule has 0 aromatic heterocycles. The molecule has 5 rings (SSSR count). The molecule has 0 radical (unpaired) electrons. The number of carbonyl (C=O) groups is 1. The number of epoxide rings is 2. The van der Waals surface area contributed by atoms with E-state index in [4.69, 9.17) is 46.4 Å². The standard InChI is InChI=1S/C41H55NO11Si/c1-5-23-44-25-39(53-41(43)42-22-9-24-54(50-6-2,51-7-3)52-8-4)30-47-36-20-14-33(15-21-36)40(31-10-16-34(17-11-31)45-26-37-28-48-37)32-12-18-35(19-13-32)46-27-38-29-49-38/h5,10-21,37-40H,1,6-9,22-30H2,2-4H3,(H,42,43).